The molecule has 1 amide bonds. The second-order valence-corrected chi connectivity index (χ2v) is 5.05. The monoisotopic (exact) mass is 246 g/mol. The molecule has 18 heavy (non-hydrogen) atoms. The van der Waals surface area contributed by atoms with Gasteiger partial charge in [0.05, 0.1) is 6.54 Å². The Balaban J connectivity index is 1.88. The van der Waals surface area contributed by atoms with Crippen molar-refractivity contribution in [2.24, 2.45) is 0 Å². The minimum Gasteiger partial charge on any atom is -0.338 e. The highest BCUT2D eigenvalue weighted by atomic mass is 16.2. The highest BCUT2D eigenvalue weighted by Gasteiger charge is 2.22. The molecule has 0 atom stereocenters. The van der Waals surface area contributed by atoms with Crippen LogP contribution in [0.15, 0.2) is 24.3 Å². The van der Waals surface area contributed by atoms with Crippen molar-refractivity contribution in [2.75, 3.05) is 13.1 Å². The van der Waals surface area contributed by atoms with Crippen LogP contribution in [0.3, 0.4) is 0 Å². The van der Waals surface area contributed by atoms with E-state index in [4.69, 9.17) is 0 Å². The zero-order chi connectivity index (χ0) is 13.0. The van der Waals surface area contributed by atoms with E-state index in [0.29, 0.717) is 19.1 Å². The Bertz CT molecular complexity index is 413. The van der Waals surface area contributed by atoms with Crippen molar-refractivity contribution in [3.8, 4) is 0 Å². The predicted molar refractivity (Wildman–Crippen MR) is 73.3 cm³/mol. The van der Waals surface area contributed by atoms with Gasteiger partial charge in [-0.15, -0.1) is 0 Å². The first kappa shape index (κ1) is 13.1. The lowest BCUT2D eigenvalue weighted by Crippen LogP contribution is -2.38. The van der Waals surface area contributed by atoms with Gasteiger partial charge in [0.25, 0.3) is 0 Å². The van der Waals surface area contributed by atoms with E-state index in [0.717, 1.165) is 6.54 Å². The van der Waals surface area contributed by atoms with Crippen molar-refractivity contribution < 1.29 is 4.79 Å². The summed E-state index contributed by atoms with van der Waals surface area (Å²) in [7, 11) is 0. The molecule has 3 nitrogen and oxygen atoms in total. The average Bonchev–Trinajstić information content (AvgIpc) is 3.17. The lowest BCUT2D eigenvalue weighted by atomic mass is 10.1. The van der Waals surface area contributed by atoms with E-state index in [9.17, 15) is 4.79 Å². The summed E-state index contributed by atoms with van der Waals surface area (Å²) in [5.74, 6) is 0.200. The smallest absolute Gasteiger partial charge is 0.236 e. The Kier molecular flexibility index (Phi) is 4.37. The summed E-state index contributed by atoms with van der Waals surface area (Å²) in [6, 6.07) is 8.94. The predicted octanol–water partition coefficient (Wildman–Crippen LogP) is 2.10. The molecule has 0 bridgehead atoms. The van der Waals surface area contributed by atoms with Gasteiger partial charge in [0, 0.05) is 19.1 Å². The largest absolute Gasteiger partial charge is 0.338 e. The summed E-state index contributed by atoms with van der Waals surface area (Å²) < 4.78 is 0. The molecule has 0 heterocycles. The van der Waals surface area contributed by atoms with Gasteiger partial charge in [-0.3, -0.25) is 4.79 Å². The maximum absolute atomic E-state index is 12.1. The molecule has 0 aliphatic heterocycles. The Morgan fingerprint density at radius 1 is 1.44 bits per heavy atom. The molecule has 3 heteroatoms. The van der Waals surface area contributed by atoms with E-state index in [-0.39, 0.29) is 5.91 Å². The fourth-order valence-electron chi connectivity index (χ4n) is 2.04. The number of carbonyl (C=O) groups excluding carboxylic acids is 1. The van der Waals surface area contributed by atoms with Gasteiger partial charge in [-0.1, -0.05) is 29.8 Å². The number of amides is 1. The quantitative estimate of drug-likeness (QED) is 0.833. The minimum atomic E-state index is 0.200. The second kappa shape index (κ2) is 6.01. The van der Waals surface area contributed by atoms with Crippen molar-refractivity contribution in [3.05, 3.63) is 35.4 Å². The van der Waals surface area contributed by atoms with Crippen molar-refractivity contribution >= 4 is 5.91 Å². The number of nitrogens with zero attached hydrogens (tertiary/aromatic N) is 1. The molecule has 0 aromatic heterocycles. The SMILES string of the molecule is CCN(Cc1cccc(C)c1)C(=O)CNC1CC1. The molecule has 1 N–H and O–H groups in total. The van der Waals surface area contributed by atoms with Crippen LogP contribution < -0.4 is 5.32 Å². The summed E-state index contributed by atoms with van der Waals surface area (Å²) in [6.45, 7) is 6.06. The van der Waals surface area contributed by atoms with E-state index in [1.54, 1.807) is 0 Å². The van der Waals surface area contributed by atoms with E-state index in [1.807, 2.05) is 17.9 Å². The Labute approximate surface area is 109 Å². The number of likely N-dealkylation sites (N-methyl/N-ethyl adjacent to an activating group) is 1. The number of carbonyl (C=O) groups is 1. The first-order chi connectivity index (χ1) is 8.69. The van der Waals surface area contributed by atoms with Crippen LogP contribution in [0.1, 0.15) is 30.9 Å². The van der Waals surface area contributed by atoms with Crippen molar-refractivity contribution in [2.45, 2.75) is 39.3 Å². The number of rotatable bonds is 6. The molecule has 1 fully saturated rings. The summed E-state index contributed by atoms with van der Waals surface area (Å²) >= 11 is 0. The molecule has 1 saturated carbocycles. The number of benzene rings is 1. The first-order valence-electron chi connectivity index (χ1n) is 6.75. The zero-order valence-corrected chi connectivity index (χ0v) is 11.3. The van der Waals surface area contributed by atoms with Crippen LogP contribution >= 0.6 is 0 Å². The third kappa shape index (κ3) is 3.84. The second-order valence-electron chi connectivity index (χ2n) is 5.05. The summed E-state index contributed by atoms with van der Waals surface area (Å²) in [6.07, 6.45) is 2.44. The molecule has 0 saturated heterocycles. The van der Waals surface area contributed by atoms with Gasteiger partial charge in [0.1, 0.15) is 0 Å². The number of nitrogens with one attached hydrogen (secondary N) is 1. The normalized spacial score (nSPS) is 14.6. The van der Waals surface area contributed by atoms with Crippen LogP contribution in [-0.4, -0.2) is 29.9 Å². The van der Waals surface area contributed by atoms with E-state index < -0.39 is 0 Å². The fraction of sp³-hybridized carbons (Fsp3) is 0.533. The Hall–Kier alpha value is -1.35. The molecule has 1 aromatic rings. The number of aryl methyl sites for hydroxylation is 1. The first-order valence-corrected chi connectivity index (χ1v) is 6.75. The molecule has 1 aliphatic carbocycles. The lowest BCUT2D eigenvalue weighted by molar-refractivity contribution is -0.130. The summed E-state index contributed by atoms with van der Waals surface area (Å²) in [5.41, 5.74) is 2.45. The Morgan fingerprint density at radius 3 is 2.83 bits per heavy atom. The van der Waals surface area contributed by atoms with Gasteiger partial charge in [-0.05, 0) is 32.3 Å². The summed E-state index contributed by atoms with van der Waals surface area (Å²) in [5, 5.41) is 3.28. The maximum atomic E-state index is 12.1. The topological polar surface area (TPSA) is 32.3 Å². The molecular weight excluding hydrogens is 224 g/mol. The molecule has 98 valence electrons. The zero-order valence-electron chi connectivity index (χ0n) is 11.3. The third-order valence-corrected chi connectivity index (χ3v) is 3.31. The van der Waals surface area contributed by atoms with Crippen LogP contribution in [0.25, 0.3) is 0 Å². The van der Waals surface area contributed by atoms with Crippen molar-refractivity contribution in [1.82, 2.24) is 10.2 Å². The summed E-state index contributed by atoms with van der Waals surface area (Å²) in [4.78, 5) is 14.0. The van der Waals surface area contributed by atoms with Gasteiger partial charge in [-0.2, -0.15) is 0 Å². The Morgan fingerprint density at radius 2 is 2.22 bits per heavy atom. The average molecular weight is 246 g/mol. The highest BCUT2D eigenvalue weighted by Crippen LogP contribution is 2.18. The molecular formula is C15H22N2O. The fourth-order valence-corrected chi connectivity index (χ4v) is 2.04. The minimum absolute atomic E-state index is 0.200. The van der Waals surface area contributed by atoms with Crippen LogP contribution in [0, 0.1) is 6.92 Å². The van der Waals surface area contributed by atoms with Crippen LogP contribution in [0.4, 0.5) is 0 Å². The van der Waals surface area contributed by atoms with E-state index in [2.05, 4.69) is 30.4 Å². The van der Waals surface area contributed by atoms with E-state index in [1.165, 1.54) is 24.0 Å². The van der Waals surface area contributed by atoms with Crippen LogP contribution in [0.5, 0.6) is 0 Å². The molecule has 0 radical (unpaired) electrons. The molecule has 1 aliphatic rings. The van der Waals surface area contributed by atoms with Crippen LogP contribution in [-0.2, 0) is 11.3 Å². The standard InChI is InChI=1S/C15H22N2O/c1-3-17(15(18)10-16-14-7-8-14)11-13-6-4-5-12(2)9-13/h4-6,9,14,16H,3,7-8,10-11H2,1-2H3. The van der Waals surface area contributed by atoms with Gasteiger partial charge in [-0.25, -0.2) is 0 Å². The molecule has 1 aromatic carbocycles. The van der Waals surface area contributed by atoms with Gasteiger partial charge >= 0.3 is 0 Å². The number of hydrogen-bond acceptors (Lipinski definition) is 2. The van der Waals surface area contributed by atoms with E-state index >= 15 is 0 Å². The van der Waals surface area contributed by atoms with Crippen molar-refractivity contribution in [3.63, 3.8) is 0 Å². The number of hydrogen-bond donors (Lipinski definition) is 1. The molecule has 0 unspecified atom stereocenters. The maximum Gasteiger partial charge on any atom is 0.236 e. The van der Waals surface area contributed by atoms with Gasteiger partial charge in [0.2, 0.25) is 5.91 Å². The van der Waals surface area contributed by atoms with Crippen molar-refractivity contribution in [1.29, 1.82) is 0 Å². The van der Waals surface area contributed by atoms with Gasteiger partial charge in [0.15, 0.2) is 0 Å². The van der Waals surface area contributed by atoms with Gasteiger partial charge < -0.3 is 10.2 Å². The molecule has 0 spiro atoms. The highest BCUT2D eigenvalue weighted by molar-refractivity contribution is 5.78. The molecule has 2 rings (SSSR count). The van der Waals surface area contributed by atoms with Crippen LogP contribution in [0.2, 0.25) is 0 Å². The third-order valence-electron chi connectivity index (χ3n) is 3.31. The lowest BCUT2D eigenvalue weighted by Gasteiger charge is -2.21.